The third-order valence-electron chi connectivity index (χ3n) is 0.482. The molecule has 0 aliphatic heterocycles. The van der Waals surface area contributed by atoms with E-state index in [1.54, 1.807) is 0 Å². The van der Waals surface area contributed by atoms with Gasteiger partial charge in [0.2, 0.25) is 0 Å². The van der Waals surface area contributed by atoms with E-state index in [-0.39, 0.29) is 57.5 Å². The quantitative estimate of drug-likeness (QED) is 0.441. The number of ether oxygens (including phenoxy) is 1. The molecule has 0 atom stereocenters. The van der Waals surface area contributed by atoms with Crippen LogP contribution in [0.5, 0.6) is 0 Å². The summed E-state index contributed by atoms with van der Waals surface area (Å²) in [5.41, 5.74) is 0. The SMILES string of the molecule is COCC(=O)CO.O.[CH2-][OH2+].[V].[W]. The summed E-state index contributed by atoms with van der Waals surface area (Å²) in [7, 11) is 3.91. The van der Waals surface area contributed by atoms with Crippen molar-refractivity contribution in [3.63, 3.8) is 0 Å². The van der Waals surface area contributed by atoms with Crippen LogP contribution in [-0.2, 0) is 49.2 Å². The number of aliphatic hydroxyl groups is 1. The molecule has 5 nitrogen and oxygen atoms in total. The molecule has 0 aromatic carbocycles. The second kappa shape index (κ2) is 29.8. The second-order valence-electron chi connectivity index (χ2n) is 1.13. The van der Waals surface area contributed by atoms with Crippen molar-refractivity contribution in [2.75, 3.05) is 20.3 Å². The molecule has 0 fully saturated rings. The standard InChI is InChI=1S/C4H8O3.CH4O.H2O.V.W/c1-7-3-4(6)2-5;1-2;;;/h5H,2-3H2,1H3;1-2H2;1H2;;. The Morgan fingerprint density at radius 2 is 1.92 bits per heavy atom. The molecular formula is C5H14O5VW. The number of carbonyl (C=O) groups excluding carboxylic acids is 1. The van der Waals surface area contributed by atoms with Gasteiger partial charge in [-0.3, -0.25) is 4.79 Å². The van der Waals surface area contributed by atoms with Crippen molar-refractivity contribution in [3.8, 4) is 0 Å². The Balaban J connectivity index is -0.0000000303. The first-order valence-electron chi connectivity index (χ1n) is 2.28. The van der Waals surface area contributed by atoms with E-state index in [1.165, 1.54) is 7.11 Å². The zero-order chi connectivity index (χ0) is 7.70. The maximum Gasteiger partial charge on any atom is 0.183 e. The number of ketones is 1. The van der Waals surface area contributed by atoms with Crippen LogP contribution in [0.4, 0.5) is 0 Å². The monoisotopic (exact) mass is 389 g/mol. The minimum atomic E-state index is -0.423. The van der Waals surface area contributed by atoms with Crippen molar-refractivity contribution >= 4 is 5.78 Å². The summed E-state index contributed by atoms with van der Waals surface area (Å²) in [6.45, 7) is -0.412. The van der Waals surface area contributed by atoms with Gasteiger partial charge in [0.05, 0.1) is 0 Å². The summed E-state index contributed by atoms with van der Waals surface area (Å²) in [4.78, 5) is 10.0. The molecule has 0 bridgehead atoms. The van der Waals surface area contributed by atoms with E-state index in [0.717, 1.165) is 0 Å². The van der Waals surface area contributed by atoms with Gasteiger partial charge in [0, 0.05) is 46.7 Å². The average Bonchev–Trinajstić information content (AvgIpc) is 1.93. The van der Waals surface area contributed by atoms with E-state index in [9.17, 15) is 4.79 Å². The zero-order valence-electron chi connectivity index (χ0n) is 6.74. The van der Waals surface area contributed by atoms with Crippen LogP contribution in [0.25, 0.3) is 0 Å². The molecular weight excluding hydrogens is 375 g/mol. The average molecular weight is 389 g/mol. The predicted molar refractivity (Wildman–Crippen MR) is 36.6 cm³/mol. The van der Waals surface area contributed by atoms with E-state index < -0.39 is 6.61 Å². The van der Waals surface area contributed by atoms with Gasteiger partial charge in [-0.2, -0.15) is 0 Å². The van der Waals surface area contributed by atoms with Crippen LogP contribution < -0.4 is 0 Å². The first-order valence-corrected chi connectivity index (χ1v) is 2.28. The minimum absolute atomic E-state index is 0. The van der Waals surface area contributed by atoms with Crippen LogP contribution in [0.2, 0.25) is 0 Å². The molecule has 12 heavy (non-hydrogen) atoms. The molecule has 0 saturated heterocycles. The van der Waals surface area contributed by atoms with Crippen molar-refractivity contribution in [1.29, 1.82) is 0 Å². The normalized spacial score (nSPS) is 5.67. The molecule has 0 spiro atoms. The number of methoxy groups -OCH3 is 1. The Labute approximate surface area is 97.9 Å². The van der Waals surface area contributed by atoms with Crippen LogP contribution in [-0.4, -0.2) is 41.8 Å². The third-order valence-corrected chi connectivity index (χ3v) is 0.482. The molecule has 0 aliphatic rings. The fraction of sp³-hybridized carbons (Fsp3) is 0.600. The number of aliphatic hydroxyl groups excluding tert-OH is 1. The van der Waals surface area contributed by atoms with Gasteiger partial charge in [0.1, 0.15) is 13.2 Å². The fourth-order valence-corrected chi connectivity index (χ4v) is 0.207. The van der Waals surface area contributed by atoms with E-state index in [4.69, 9.17) is 10.2 Å². The summed E-state index contributed by atoms with van der Waals surface area (Å²) < 4.78 is 4.38. The molecule has 75 valence electrons. The van der Waals surface area contributed by atoms with Crippen LogP contribution >= 0.6 is 0 Å². The van der Waals surface area contributed by atoms with Crippen LogP contribution in [0.3, 0.4) is 0 Å². The molecule has 0 aliphatic carbocycles. The van der Waals surface area contributed by atoms with Crippen molar-refractivity contribution in [2.24, 2.45) is 0 Å². The largest absolute Gasteiger partial charge is 0.593 e. The van der Waals surface area contributed by atoms with E-state index in [0.29, 0.717) is 0 Å². The van der Waals surface area contributed by atoms with Gasteiger partial charge in [0.25, 0.3) is 0 Å². The van der Waals surface area contributed by atoms with E-state index >= 15 is 0 Å². The number of hydrogen-bond donors (Lipinski definition) is 1. The Morgan fingerprint density at radius 3 is 2.00 bits per heavy atom. The van der Waals surface area contributed by atoms with Crippen molar-refractivity contribution in [2.45, 2.75) is 0 Å². The van der Waals surface area contributed by atoms with Gasteiger partial charge in [-0.1, -0.05) is 7.11 Å². The maximum atomic E-state index is 10.0. The minimum Gasteiger partial charge on any atom is -0.593 e. The Morgan fingerprint density at radius 1 is 1.58 bits per heavy atom. The van der Waals surface area contributed by atoms with Gasteiger partial charge >= 0.3 is 0 Å². The van der Waals surface area contributed by atoms with E-state index in [1.807, 2.05) is 0 Å². The number of Topliss-reactive ketones (excluding diaryl/α,β-unsaturated/α-hetero) is 1. The third kappa shape index (κ3) is 30.9. The molecule has 0 aromatic rings. The molecule has 0 saturated carbocycles. The van der Waals surface area contributed by atoms with Crippen LogP contribution in [0.1, 0.15) is 0 Å². The zero-order valence-corrected chi connectivity index (χ0v) is 11.1. The van der Waals surface area contributed by atoms with Crippen molar-refractivity contribution in [1.82, 2.24) is 0 Å². The molecule has 0 amide bonds. The Bertz CT molecular complexity index is 72.9. The summed E-state index contributed by atoms with van der Waals surface area (Å²) in [6, 6.07) is 0. The van der Waals surface area contributed by atoms with Gasteiger partial charge in [-0.15, -0.1) is 0 Å². The first-order chi connectivity index (χ1) is 4.31. The summed E-state index contributed by atoms with van der Waals surface area (Å²) >= 11 is 0. The Hall–Kier alpha value is 0.783. The summed E-state index contributed by atoms with van der Waals surface area (Å²) in [6.07, 6.45) is 0. The summed E-state index contributed by atoms with van der Waals surface area (Å²) in [5.74, 6) is -0.289. The number of hydrogen-bond acceptors (Lipinski definition) is 3. The van der Waals surface area contributed by atoms with Crippen molar-refractivity contribution < 1.29 is 64.8 Å². The van der Waals surface area contributed by atoms with Gasteiger partial charge < -0.3 is 20.4 Å². The molecule has 7 heteroatoms. The van der Waals surface area contributed by atoms with Gasteiger partial charge in [-0.25, -0.2) is 0 Å². The molecule has 0 unspecified atom stereocenters. The van der Waals surface area contributed by atoms with Crippen molar-refractivity contribution in [3.05, 3.63) is 7.11 Å². The number of carbonyl (C=O) groups is 1. The van der Waals surface area contributed by atoms with Crippen LogP contribution in [0.15, 0.2) is 0 Å². The van der Waals surface area contributed by atoms with Gasteiger partial charge in [-0.05, 0) is 0 Å². The van der Waals surface area contributed by atoms with E-state index in [2.05, 4.69) is 11.8 Å². The number of rotatable bonds is 3. The van der Waals surface area contributed by atoms with Gasteiger partial charge in [0.15, 0.2) is 5.78 Å². The molecule has 0 rings (SSSR count). The fourth-order valence-electron chi connectivity index (χ4n) is 0.207. The molecule has 0 heterocycles. The van der Waals surface area contributed by atoms with Crippen LogP contribution in [0, 0.1) is 7.11 Å². The smallest absolute Gasteiger partial charge is 0.183 e. The topological polar surface area (TPSA) is 101 Å². The molecule has 0 aromatic heterocycles. The Kier molecular flexibility index (Phi) is 72.7. The second-order valence-corrected chi connectivity index (χ2v) is 1.13. The molecule has 5 N–H and O–H groups in total. The maximum absolute atomic E-state index is 10.0. The first kappa shape index (κ1) is 29.3. The summed E-state index contributed by atoms with van der Waals surface area (Å²) in [5, 5.41) is 13.5. The molecule has 1 radical (unpaired) electrons. The predicted octanol–water partition coefficient (Wildman–Crippen LogP) is -2.13.